The maximum absolute atomic E-state index is 12.5. The molecule has 1 amide bonds. The Kier molecular flexibility index (Phi) is 4.45. The van der Waals surface area contributed by atoms with Crippen molar-refractivity contribution in [2.24, 2.45) is 0 Å². The number of hydrogen-bond acceptors (Lipinski definition) is 4. The molecule has 1 fully saturated rings. The van der Waals surface area contributed by atoms with E-state index in [0.717, 1.165) is 16.9 Å². The van der Waals surface area contributed by atoms with Gasteiger partial charge in [0.15, 0.2) is 0 Å². The van der Waals surface area contributed by atoms with Crippen molar-refractivity contribution in [2.45, 2.75) is 13.0 Å². The summed E-state index contributed by atoms with van der Waals surface area (Å²) in [4.78, 5) is 14.1. The van der Waals surface area contributed by atoms with Gasteiger partial charge in [-0.3, -0.25) is 4.79 Å². The summed E-state index contributed by atoms with van der Waals surface area (Å²) in [6, 6.07) is 9.73. The SMILES string of the molecule is CC1Oc2ccccc2C=C1/C=C(\C#N)C(=O)N1CCOCC1. The van der Waals surface area contributed by atoms with E-state index in [4.69, 9.17) is 9.47 Å². The lowest BCUT2D eigenvalue weighted by Gasteiger charge is -2.27. The number of carbonyl (C=O) groups excluding carboxylic acids is 1. The Morgan fingerprint density at radius 2 is 2.09 bits per heavy atom. The maximum Gasteiger partial charge on any atom is 0.264 e. The molecule has 5 heteroatoms. The molecule has 0 spiro atoms. The average molecular weight is 310 g/mol. The van der Waals surface area contributed by atoms with E-state index in [1.54, 1.807) is 11.0 Å². The molecule has 23 heavy (non-hydrogen) atoms. The summed E-state index contributed by atoms with van der Waals surface area (Å²) < 4.78 is 11.1. The summed E-state index contributed by atoms with van der Waals surface area (Å²) >= 11 is 0. The van der Waals surface area contributed by atoms with E-state index in [0.29, 0.717) is 26.3 Å². The molecule has 0 N–H and O–H groups in total. The minimum Gasteiger partial charge on any atom is -0.485 e. The zero-order chi connectivity index (χ0) is 16.2. The zero-order valence-electron chi connectivity index (χ0n) is 13.0. The van der Waals surface area contributed by atoms with Gasteiger partial charge in [0.05, 0.1) is 13.2 Å². The number of rotatable bonds is 2. The van der Waals surface area contributed by atoms with Gasteiger partial charge in [-0.2, -0.15) is 5.26 Å². The molecular weight excluding hydrogens is 292 g/mol. The van der Waals surface area contributed by atoms with Gasteiger partial charge in [-0.15, -0.1) is 0 Å². The molecule has 1 saturated heterocycles. The molecule has 2 aliphatic heterocycles. The molecule has 0 bridgehead atoms. The van der Waals surface area contributed by atoms with Crippen LogP contribution in [-0.4, -0.2) is 43.2 Å². The van der Waals surface area contributed by atoms with Gasteiger partial charge in [0, 0.05) is 18.7 Å². The monoisotopic (exact) mass is 310 g/mol. The molecule has 0 saturated carbocycles. The number of ether oxygens (including phenoxy) is 2. The van der Waals surface area contributed by atoms with Crippen LogP contribution in [0.15, 0.2) is 41.5 Å². The third-order valence-electron chi connectivity index (χ3n) is 3.97. The number of nitriles is 1. The van der Waals surface area contributed by atoms with Crippen LogP contribution in [0.3, 0.4) is 0 Å². The van der Waals surface area contributed by atoms with E-state index in [1.165, 1.54) is 0 Å². The van der Waals surface area contributed by atoms with Crippen molar-refractivity contribution in [3.63, 3.8) is 0 Å². The van der Waals surface area contributed by atoms with Crippen LogP contribution < -0.4 is 4.74 Å². The van der Waals surface area contributed by atoms with Crippen molar-refractivity contribution >= 4 is 12.0 Å². The number of carbonyl (C=O) groups is 1. The summed E-state index contributed by atoms with van der Waals surface area (Å²) in [6.45, 7) is 3.98. The Bertz CT molecular complexity index is 709. The minimum absolute atomic E-state index is 0.132. The predicted molar refractivity (Wildman–Crippen MR) is 85.6 cm³/mol. The fourth-order valence-electron chi connectivity index (χ4n) is 2.67. The highest BCUT2D eigenvalue weighted by Crippen LogP contribution is 2.30. The van der Waals surface area contributed by atoms with Crippen LogP contribution in [-0.2, 0) is 9.53 Å². The number of fused-ring (bicyclic) bond motifs is 1. The van der Waals surface area contributed by atoms with E-state index in [-0.39, 0.29) is 17.6 Å². The lowest BCUT2D eigenvalue weighted by Crippen LogP contribution is -2.41. The van der Waals surface area contributed by atoms with Gasteiger partial charge in [0.2, 0.25) is 0 Å². The van der Waals surface area contributed by atoms with Crippen LogP contribution in [0, 0.1) is 11.3 Å². The Labute approximate surface area is 135 Å². The molecule has 118 valence electrons. The van der Waals surface area contributed by atoms with Crippen molar-refractivity contribution in [1.29, 1.82) is 5.26 Å². The smallest absolute Gasteiger partial charge is 0.264 e. The fraction of sp³-hybridized carbons (Fsp3) is 0.333. The first-order valence-electron chi connectivity index (χ1n) is 7.65. The first-order valence-corrected chi connectivity index (χ1v) is 7.65. The third-order valence-corrected chi connectivity index (χ3v) is 3.97. The second-order valence-electron chi connectivity index (χ2n) is 5.52. The zero-order valence-corrected chi connectivity index (χ0v) is 13.0. The maximum atomic E-state index is 12.5. The Morgan fingerprint density at radius 1 is 1.35 bits per heavy atom. The average Bonchev–Trinajstić information content (AvgIpc) is 2.60. The first-order chi connectivity index (χ1) is 11.2. The topological polar surface area (TPSA) is 62.6 Å². The van der Waals surface area contributed by atoms with Gasteiger partial charge in [-0.25, -0.2) is 0 Å². The quantitative estimate of drug-likeness (QED) is 0.620. The number of para-hydroxylation sites is 1. The normalized spacial score (nSPS) is 20.9. The molecule has 1 unspecified atom stereocenters. The summed E-state index contributed by atoms with van der Waals surface area (Å²) in [5, 5.41) is 9.37. The van der Waals surface area contributed by atoms with Gasteiger partial charge in [0.1, 0.15) is 23.5 Å². The second kappa shape index (κ2) is 6.67. The van der Waals surface area contributed by atoms with Crippen LogP contribution in [0.25, 0.3) is 6.08 Å². The third kappa shape index (κ3) is 3.27. The molecule has 0 aliphatic carbocycles. The molecule has 0 radical (unpaired) electrons. The summed E-state index contributed by atoms with van der Waals surface area (Å²) in [5.74, 6) is 0.568. The Morgan fingerprint density at radius 3 is 2.83 bits per heavy atom. The van der Waals surface area contributed by atoms with Crippen molar-refractivity contribution < 1.29 is 14.3 Å². The molecule has 2 heterocycles. The van der Waals surface area contributed by atoms with E-state index in [1.807, 2.05) is 43.3 Å². The number of morpholine rings is 1. The Hall–Kier alpha value is -2.58. The predicted octanol–water partition coefficient (Wildman–Crippen LogP) is 2.16. The van der Waals surface area contributed by atoms with Crippen molar-refractivity contribution in [1.82, 2.24) is 4.90 Å². The first kappa shape index (κ1) is 15.3. The highest BCUT2D eigenvalue weighted by Gasteiger charge is 2.23. The minimum atomic E-state index is -0.247. The van der Waals surface area contributed by atoms with Crippen LogP contribution >= 0.6 is 0 Å². The van der Waals surface area contributed by atoms with Crippen LogP contribution in [0.1, 0.15) is 12.5 Å². The van der Waals surface area contributed by atoms with Crippen molar-refractivity contribution in [2.75, 3.05) is 26.3 Å². The highest BCUT2D eigenvalue weighted by molar-refractivity contribution is 5.98. The van der Waals surface area contributed by atoms with Gasteiger partial charge >= 0.3 is 0 Å². The molecular formula is C18H18N2O3. The number of nitrogens with zero attached hydrogens (tertiary/aromatic N) is 2. The van der Waals surface area contributed by atoms with Gasteiger partial charge < -0.3 is 14.4 Å². The second-order valence-corrected chi connectivity index (χ2v) is 5.52. The van der Waals surface area contributed by atoms with Crippen LogP contribution in [0.4, 0.5) is 0 Å². The van der Waals surface area contributed by atoms with Gasteiger partial charge in [0.25, 0.3) is 5.91 Å². The van der Waals surface area contributed by atoms with E-state index in [2.05, 4.69) is 0 Å². The lowest BCUT2D eigenvalue weighted by molar-refractivity contribution is -0.130. The lowest BCUT2D eigenvalue weighted by atomic mass is 10.00. The number of amides is 1. The molecule has 1 aromatic carbocycles. The molecule has 5 nitrogen and oxygen atoms in total. The van der Waals surface area contributed by atoms with E-state index in [9.17, 15) is 10.1 Å². The highest BCUT2D eigenvalue weighted by atomic mass is 16.5. The van der Waals surface area contributed by atoms with Gasteiger partial charge in [-0.05, 0) is 30.7 Å². The standard InChI is InChI=1S/C18H18N2O3/c1-13-15(10-14-4-2-3-5-17(14)23-13)11-16(12-19)18(21)20-6-8-22-9-7-20/h2-5,10-11,13H,6-9H2,1H3/b16-11+. The molecule has 1 atom stereocenters. The van der Waals surface area contributed by atoms with E-state index < -0.39 is 0 Å². The summed E-state index contributed by atoms with van der Waals surface area (Å²) in [7, 11) is 0. The fourth-order valence-corrected chi connectivity index (χ4v) is 2.67. The van der Waals surface area contributed by atoms with E-state index >= 15 is 0 Å². The largest absolute Gasteiger partial charge is 0.485 e. The molecule has 1 aromatic rings. The summed E-state index contributed by atoms with van der Waals surface area (Å²) in [5.41, 5.74) is 1.91. The van der Waals surface area contributed by atoms with Crippen molar-refractivity contribution in [3.8, 4) is 11.8 Å². The van der Waals surface area contributed by atoms with Crippen LogP contribution in [0.5, 0.6) is 5.75 Å². The molecule has 3 rings (SSSR count). The van der Waals surface area contributed by atoms with Crippen LogP contribution in [0.2, 0.25) is 0 Å². The Balaban J connectivity index is 1.87. The number of benzene rings is 1. The number of hydrogen-bond donors (Lipinski definition) is 0. The van der Waals surface area contributed by atoms with Crippen molar-refractivity contribution in [3.05, 3.63) is 47.1 Å². The summed E-state index contributed by atoms with van der Waals surface area (Å²) in [6.07, 6.45) is 3.40. The van der Waals surface area contributed by atoms with Gasteiger partial charge in [-0.1, -0.05) is 18.2 Å². The molecule has 0 aromatic heterocycles. The molecule has 2 aliphatic rings.